The molecule has 1 fully saturated rings. The lowest BCUT2D eigenvalue weighted by Gasteiger charge is -2.32. The summed E-state index contributed by atoms with van der Waals surface area (Å²) in [5, 5.41) is 3.28. The summed E-state index contributed by atoms with van der Waals surface area (Å²) in [4.78, 5) is 0. The summed E-state index contributed by atoms with van der Waals surface area (Å²) < 4.78 is 11.6. The molecule has 3 nitrogen and oxygen atoms in total. The molecule has 0 atom stereocenters. The molecule has 0 aromatic rings. The van der Waals surface area contributed by atoms with Gasteiger partial charge in [0.25, 0.3) is 0 Å². The lowest BCUT2D eigenvalue weighted by atomic mass is 9.90. The molecule has 1 aliphatic rings. The van der Waals surface area contributed by atoms with Crippen LogP contribution >= 0.6 is 0 Å². The van der Waals surface area contributed by atoms with Crippen molar-refractivity contribution in [1.29, 1.82) is 0 Å². The van der Waals surface area contributed by atoms with Gasteiger partial charge < -0.3 is 9.31 Å². The van der Waals surface area contributed by atoms with Crippen LogP contribution in [-0.4, -0.2) is 24.0 Å². The van der Waals surface area contributed by atoms with E-state index in [-0.39, 0.29) is 24.0 Å². The summed E-state index contributed by atoms with van der Waals surface area (Å²) >= 11 is 0. The molecule has 14 heavy (non-hydrogen) atoms. The number of hydrogen-bond donors (Lipinski definition) is 1. The predicted octanol–water partition coefficient (Wildman–Crippen LogP) is 1.96. The zero-order chi connectivity index (χ0) is 11.2. The van der Waals surface area contributed by atoms with Gasteiger partial charge in [-0.1, -0.05) is 0 Å². The Morgan fingerprint density at radius 1 is 0.929 bits per heavy atom. The Labute approximate surface area is 87.7 Å². The zero-order valence-corrected chi connectivity index (χ0v) is 10.4. The lowest BCUT2D eigenvalue weighted by Crippen LogP contribution is -2.48. The van der Waals surface area contributed by atoms with Gasteiger partial charge >= 0.3 is 7.25 Å². The van der Waals surface area contributed by atoms with Crippen LogP contribution in [0.5, 0.6) is 0 Å². The fourth-order valence-corrected chi connectivity index (χ4v) is 1.26. The standard InChI is InChI=1S/C10H22BNO2/c1-8(2,3)12-11-13-9(4,5)10(6,7)14-11/h12H,1-7H3. The summed E-state index contributed by atoms with van der Waals surface area (Å²) in [5.41, 5.74) is -0.507. The molecule has 0 unspecified atom stereocenters. The van der Waals surface area contributed by atoms with Crippen molar-refractivity contribution >= 4 is 7.25 Å². The van der Waals surface area contributed by atoms with Gasteiger partial charge in [-0.2, -0.15) is 0 Å². The third-order valence-electron chi connectivity index (χ3n) is 2.80. The molecule has 0 bridgehead atoms. The molecule has 0 amide bonds. The van der Waals surface area contributed by atoms with E-state index in [9.17, 15) is 0 Å². The van der Waals surface area contributed by atoms with Gasteiger partial charge in [0.2, 0.25) is 0 Å². The van der Waals surface area contributed by atoms with Crippen molar-refractivity contribution in [2.24, 2.45) is 0 Å². The lowest BCUT2D eigenvalue weighted by molar-refractivity contribution is 0.00578. The minimum atomic E-state index is -0.306. The maximum atomic E-state index is 5.81. The SMILES string of the molecule is CC(C)(C)NB1OC(C)(C)C(C)(C)O1. The van der Waals surface area contributed by atoms with Crippen LogP contribution in [0.15, 0.2) is 0 Å². The van der Waals surface area contributed by atoms with E-state index >= 15 is 0 Å². The van der Waals surface area contributed by atoms with Crippen molar-refractivity contribution in [3.05, 3.63) is 0 Å². The molecule has 0 aromatic carbocycles. The van der Waals surface area contributed by atoms with E-state index in [4.69, 9.17) is 9.31 Å². The van der Waals surface area contributed by atoms with E-state index in [0.717, 1.165) is 0 Å². The Hall–Kier alpha value is -0.0551. The average molecular weight is 199 g/mol. The molecule has 4 heteroatoms. The first-order valence-corrected chi connectivity index (χ1v) is 5.17. The quantitative estimate of drug-likeness (QED) is 0.655. The maximum Gasteiger partial charge on any atom is 0.556 e. The normalized spacial score (nSPS) is 25.5. The Morgan fingerprint density at radius 2 is 1.29 bits per heavy atom. The van der Waals surface area contributed by atoms with E-state index in [2.05, 4.69) is 53.7 Å². The smallest absolute Gasteiger partial charge is 0.389 e. The molecule has 1 rings (SSSR count). The van der Waals surface area contributed by atoms with Gasteiger partial charge in [0, 0.05) is 5.54 Å². The number of hydrogen-bond acceptors (Lipinski definition) is 3. The third-order valence-corrected chi connectivity index (χ3v) is 2.80. The molecular formula is C10H22BNO2. The zero-order valence-electron chi connectivity index (χ0n) is 10.4. The van der Waals surface area contributed by atoms with Gasteiger partial charge in [-0.05, 0) is 48.5 Å². The minimum Gasteiger partial charge on any atom is -0.389 e. The van der Waals surface area contributed by atoms with Crippen LogP contribution in [-0.2, 0) is 9.31 Å². The Morgan fingerprint density at radius 3 is 1.57 bits per heavy atom. The summed E-state index contributed by atoms with van der Waals surface area (Å²) in [6.45, 7) is 14.5. The van der Waals surface area contributed by atoms with Crippen LogP contribution in [0.4, 0.5) is 0 Å². The summed E-state index contributed by atoms with van der Waals surface area (Å²) in [6.07, 6.45) is 0. The molecule has 0 spiro atoms. The third kappa shape index (κ3) is 2.50. The molecule has 1 N–H and O–H groups in total. The van der Waals surface area contributed by atoms with E-state index in [1.54, 1.807) is 0 Å². The molecule has 0 radical (unpaired) electrons. The van der Waals surface area contributed by atoms with E-state index in [0.29, 0.717) is 0 Å². The molecule has 82 valence electrons. The second-order valence-electron chi connectivity index (χ2n) is 5.98. The van der Waals surface area contributed by atoms with Gasteiger partial charge in [-0.25, -0.2) is 0 Å². The van der Waals surface area contributed by atoms with Crippen LogP contribution < -0.4 is 5.23 Å². The van der Waals surface area contributed by atoms with Crippen molar-refractivity contribution < 1.29 is 9.31 Å². The average Bonchev–Trinajstić information content (AvgIpc) is 1.94. The molecule has 1 saturated heterocycles. The molecule has 1 aliphatic heterocycles. The van der Waals surface area contributed by atoms with E-state index in [1.807, 2.05) is 0 Å². The van der Waals surface area contributed by atoms with Crippen LogP contribution in [0.2, 0.25) is 0 Å². The van der Waals surface area contributed by atoms with Crippen molar-refractivity contribution in [3.8, 4) is 0 Å². The fourth-order valence-electron chi connectivity index (χ4n) is 1.26. The van der Waals surface area contributed by atoms with Crippen LogP contribution in [0.25, 0.3) is 0 Å². The van der Waals surface area contributed by atoms with Crippen molar-refractivity contribution in [1.82, 2.24) is 5.23 Å². The van der Waals surface area contributed by atoms with Gasteiger partial charge in [0.15, 0.2) is 0 Å². The highest BCUT2D eigenvalue weighted by Gasteiger charge is 2.52. The minimum absolute atomic E-state index is 0.00116. The molecule has 0 aliphatic carbocycles. The van der Waals surface area contributed by atoms with Crippen LogP contribution in [0.3, 0.4) is 0 Å². The largest absolute Gasteiger partial charge is 0.556 e. The molecule has 1 heterocycles. The summed E-state index contributed by atoms with van der Waals surface area (Å²) in [5.74, 6) is 0. The van der Waals surface area contributed by atoms with Crippen LogP contribution in [0, 0.1) is 0 Å². The van der Waals surface area contributed by atoms with Gasteiger partial charge in [-0.3, -0.25) is 5.23 Å². The van der Waals surface area contributed by atoms with Gasteiger partial charge in [-0.15, -0.1) is 0 Å². The highest BCUT2D eigenvalue weighted by atomic mass is 16.7. The van der Waals surface area contributed by atoms with Crippen molar-refractivity contribution in [2.75, 3.05) is 0 Å². The first kappa shape index (κ1) is 12.0. The highest BCUT2D eigenvalue weighted by molar-refractivity contribution is 6.42. The summed E-state index contributed by atoms with van der Waals surface area (Å²) in [7, 11) is -0.306. The number of rotatable bonds is 1. The second kappa shape index (κ2) is 3.22. The Bertz CT molecular complexity index is 205. The molecule has 0 aromatic heterocycles. The summed E-state index contributed by atoms with van der Waals surface area (Å²) in [6, 6.07) is 0. The van der Waals surface area contributed by atoms with Gasteiger partial charge in [0.05, 0.1) is 11.2 Å². The Kier molecular flexibility index (Phi) is 2.77. The van der Waals surface area contributed by atoms with E-state index < -0.39 is 0 Å². The molecule has 0 saturated carbocycles. The fraction of sp³-hybridized carbons (Fsp3) is 1.00. The highest BCUT2D eigenvalue weighted by Crippen LogP contribution is 2.36. The van der Waals surface area contributed by atoms with Crippen molar-refractivity contribution in [2.45, 2.75) is 65.2 Å². The first-order valence-electron chi connectivity index (χ1n) is 5.17. The van der Waals surface area contributed by atoms with Crippen molar-refractivity contribution in [3.63, 3.8) is 0 Å². The number of nitrogens with one attached hydrogen (secondary N) is 1. The second-order valence-corrected chi connectivity index (χ2v) is 5.98. The van der Waals surface area contributed by atoms with Gasteiger partial charge in [0.1, 0.15) is 0 Å². The van der Waals surface area contributed by atoms with Crippen LogP contribution in [0.1, 0.15) is 48.5 Å². The maximum absolute atomic E-state index is 5.81. The topological polar surface area (TPSA) is 30.5 Å². The predicted molar refractivity (Wildman–Crippen MR) is 59.0 cm³/mol. The first-order chi connectivity index (χ1) is 6.04. The van der Waals surface area contributed by atoms with E-state index in [1.165, 1.54) is 0 Å². The molecular weight excluding hydrogens is 177 g/mol. The Balaban J connectivity index is 2.65. The monoisotopic (exact) mass is 199 g/mol.